The SMILES string of the molecule is CCCCOCCNS(=O)(=O)c1ccc(O)cc1. The summed E-state index contributed by atoms with van der Waals surface area (Å²) in [5.74, 6) is 0.0387. The quantitative estimate of drug-likeness (QED) is 0.704. The molecule has 0 spiro atoms. The molecule has 0 radical (unpaired) electrons. The number of hydrogen-bond donors (Lipinski definition) is 2. The molecule has 0 atom stereocenters. The fourth-order valence-electron chi connectivity index (χ4n) is 1.31. The molecule has 0 aromatic heterocycles. The monoisotopic (exact) mass is 273 g/mol. The van der Waals surface area contributed by atoms with Crippen molar-refractivity contribution < 1.29 is 18.3 Å². The highest BCUT2D eigenvalue weighted by Gasteiger charge is 2.12. The smallest absolute Gasteiger partial charge is 0.240 e. The lowest BCUT2D eigenvalue weighted by Crippen LogP contribution is -2.27. The Bertz CT molecular complexity index is 442. The minimum atomic E-state index is -3.51. The zero-order valence-corrected chi connectivity index (χ0v) is 11.2. The molecule has 6 heteroatoms. The van der Waals surface area contributed by atoms with Crippen molar-refractivity contribution in [3.8, 4) is 5.75 Å². The van der Waals surface area contributed by atoms with Gasteiger partial charge in [-0.25, -0.2) is 13.1 Å². The summed E-state index contributed by atoms with van der Waals surface area (Å²) in [6.45, 7) is 3.32. The van der Waals surface area contributed by atoms with Crippen LogP contribution in [0.3, 0.4) is 0 Å². The number of phenols is 1. The van der Waals surface area contributed by atoms with Crippen molar-refractivity contribution in [2.24, 2.45) is 0 Å². The number of ether oxygens (including phenoxy) is 1. The molecule has 1 aromatic carbocycles. The van der Waals surface area contributed by atoms with Gasteiger partial charge in [0.15, 0.2) is 0 Å². The molecule has 18 heavy (non-hydrogen) atoms. The van der Waals surface area contributed by atoms with Crippen molar-refractivity contribution in [3.63, 3.8) is 0 Å². The van der Waals surface area contributed by atoms with Gasteiger partial charge in [0.1, 0.15) is 5.75 Å². The Morgan fingerprint density at radius 2 is 1.89 bits per heavy atom. The van der Waals surface area contributed by atoms with Crippen LogP contribution in [-0.2, 0) is 14.8 Å². The van der Waals surface area contributed by atoms with E-state index in [0.29, 0.717) is 13.2 Å². The number of hydrogen-bond acceptors (Lipinski definition) is 4. The fraction of sp³-hybridized carbons (Fsp3) is 0.500. The molecule has 0 heterocycles. The second-order valence-corrected chi connectivity index (χ2v) is 5.62. The van der Waals surface area contributed by atoms with Crippen molar-refractivity contribution in [1.82, 2.24) is 4.72 Å². The third-order valence-electron chi connectivity index (χ3n) is 2.33. The van der Waals surface area contributed by atoms with Crippen molar-refractivity contribution in [2.75, 3.05) is 19.8 Å². The lowest BCUT2D eigenvalue weighted by Gasteiger charge is -2.07. The van der Waals surface area contributed by atoms with Gasteiger partial charge in [-0.2, -0.15) is 0 Å². The van der Waals surface area contributed by atoms with Crippen LogP contribution in [-0.4, -0.2) is 33.3 Å². The van der Waals surface area contributed by atoms with E-state index in [1.54, 1.807) is 0 Å². The van der Waals surface area contributed by atoms with Gasteiger partial charge in [-0.1, -0.05) is 13.3 Å². The second-order valence-electron chi connectivity index (χ2n) is 3.86. The molecule has 102 valence electrons. The molecule has 0 aliphatic heterocycles. The highest BCUT2D eigenvalue weighted by atomic mass is 32.2. The number of phenolic OH excluding ortho intramolecular Hbond substituents is 1. The number of nitrogens with one attached hydrogen (secondary N) is 1. The van der Waals surface area contributed by atoms with Crippen LogP contribution in [0.5, 0.6) is 5.75 Å². The van der Waals surface area contributed by atoms with E-state index in [0.717, 1.165) is 12.8 Å². The molecule has 5 nitrogen and oxygen atoms in total. The molecule has 0 amide bonds. The van der Waals surface area contributed by atoms with Crippen LogP contribution in [0, 0.1) is 0 Å². The summed E-state index contributed by atoms with van der Waals surface area (Å²) in [5.41, 5.74) is 0. The predicted octanol–water partition coefficient (Wildman–Crippen LogP) is 1.49. The maximum absolute atomic E-state index is 11.8. The van der Waals surface area contributed by atoms with Gasteiger partial charge in [0.25, 0.3) is 0 Å². The molecular weight excluding hydrogens is 254 g/mol. The third-order valence-corrected chi connectivity index (χ3v) is 3.80. The summed E-state index contributed by atoms with van der Waals surface area (Å²) >= 11 is 0. The second kappa shape index (κ2) is 7.35. The normalized spacial score (nSPS) is 11.6. The van der Waals surface area contributed by atoms with Crippen molar-refractivity contribution in [3.05, 3.63) is 24.3 Å². The zero-order chi connectivity index (χ0) is 13.4. The zero-order valence-electron chi connectivity index (χ0n) is 10.4. The Morgan fingerprint density at radius 3 is 2.50 bits per heavy atom. The van der Waals surface area contributed by atoms with Gasteiger partial charge in [-0.15, -0.1) is 0 Å². The Kier molecular flexibility index (Phi) is 6.11. The molecule has 0 aliphatic rings. The van der Waals surface area contributed by atoms with Gasteiger partial charge < -0.3 is 9.84 Å². The van der Waals surface area contributed by atoms with E-state index in [2.05, 4.69) is 11.6 Å². The summed E-state index contributed by atoms with van der Waals surface area (Å²) in [6.07, 6.45) is 2.03. The molecule has 0 saturated carbocycles. The first-order valence-corrected chi connectivity index (χ1v) is 7.41. The van der Waals surface area contributed by atoms with Crippen LogP contribution >= 0.6 is 0 Å². The van der Waals surface area contributed by atoms with E-state index in [-0.39, 0.29) is 17.2 Å². The molecule has 2 N–H and O–H groups in total. The number of aromatic hydroxyl groups is 1. The molecule has 0 unspecified atom stereocenters. The Balaban J connectivity index is 2.38. The van der Waals surface area contributed by atoms with E-state index in [1.165, 1.54) is 24.3 Å². The predicted molar refractivity (Wildman–Crippen MR) is 69.0 cm³/mol. The van der Waals surface area contributed by atoms with Crippen molar-refractivity contribution in [2.45, 2.75) is 24.7 Å². The summed E-state index contributed by atoms with van der Waals surface area (Å²) in [5, 5.41) is 9.08. The van der Waals surface area contributed by atoms with Gasteiger partial charge in [-0.05, 0) is 30.7 Å². The van der Waals surface area contributed by atoms with E-state index in [4.69, 9.17) is 9.84 Å². The van der Waals surface area contributed by atoms with Gasteiger partial charge in [0.05, 0.1) is 11.5 Å². The number of sulfonamides is 1. The summed E-state index contributed by atoms with van der Waals surface area (Å²) in [7, 11) is -3.51. The van der Waals surface area contributed by atoms with Crippen LogP contribution in [0.25, 0.3) is 0 Å². The topological polar surface area (TPSA) is 75.6 Å². The van der Waals surface area contributed by atoms with E-state index in [9.17, 15) is 8.42 Å². The Morgan fingerprint density at radius 1 is 1.22 bits per heavy atom. The third kappa shape index (κ3) is 5.03. The van der Waals surface area contributed by atoms with Crippen LogP contribution < -0.4 is 4.72 Å². The lowest BCUT2D eigenvalue weighted by atomic mass is 10.3. The van der Waals surface area contributed by atoms with Crippen LogP contribution in [0.1, 0.15) is 19.8 Å². The fourth-order valence-corrected chi connectivity index (χ4v) is 2.32. The van der Waals surface area contributed by atoms with Gasteiger partial charge in [0, 0.05) is 13.2 Å². The van der Waals surface area contributed by atoms with E-state index >= 15 is 0 Å². The first-order valence-electron chi connectivity index (χ1n) is 5.92. The summed E-state index contributed by atoms with van der Waals surface area (Å²) in [6, 6.07) is 5.39. The standard InChI is InChI=1S/C12H19NO4S/c1-2-3-9-17-10-8-13-18(15,16)12-6-4-11(14)5-7-12/h4-7,13-14H,2-3,8-10H2,1H3. The first-order chi connectivity index (χ1) is 8.56. The highest BCUT2D eigenvalue weighted by molar-refractivity contribution is 7.89. The maximum Gasteiger partial charge on any atom is 0.240 e. The average molecular weight is 273 g/mol. The van der Waals surface area contributed by atoms with E-state index in [1.807, 2.05) is 0 Å². The molecule has 0 saturated heterocycles. The van der Waals surface area contributed by atoms with Gasteiger partial charge in [-0.3, -0.25) is 0 Å². The van der Waals surface area contributed by atoms with Crippen LogP contribution in [0.2, 0.25) is 0 Å². The highest BCUT2D eigenvalue weighted by Crippen LogP contribution is 2.13. The first kappa shape index (κ1) is 14.9. The molecule has 1 rings (SSSR count). The van der Waals surface area contributed by atoms with E-state index < -0.39 is 10.0 Å². The number of unbranched alkanes of at least 4 members (excludes halogenated alkanes) is 1. The molecule has 0 bridgehead atoms. The number of benzene rings is 1. The van der Waals surface area contributed by atoms with Crippen molar-refractivity contribution in [1.29, 1.82) is 0 Å². The minimum absolute atomic E-state index is 0.0387. The molecule has 0 aliphatic carbocycles. The van der Waals surface area contributed by atoms with Crippen LogP contribution in [0.15, 0.2) is 29.2 Å². The molecule has 1 aromatic rings. The summed E-state index contributed by atoms with van der Waals surface area (Å²) < 4.78 is 31.3. The largest absolute Gasteiger partial charge is 0.508 e. The molecular formula is C12H19NO4S. The Labute approximate surface area is 108 Å². The lowest BCUT2D eigenvalue weighted by molar-refractivity contribution is 0.136. The average Bonchev–Trinajstić information content (AvgIpc) is 2.34. The van der Waals surface area contributed by atoms with Gasteiger partial charge in [0.2, 0.25) is 10.0 Å². The van der Waals surface area contributed by atoms with Gasteiger partial charge >= 0.3 is 0 Å². The minimum Gasteiger partial charge on any atom is -0.508 e. The number of rotatable bonds is 8. The molecule has 0 fully saturated rings. The summed E-state index contributed by atoms with van der Waals surface area (Å²) in [4.78, 5) is 0.133. The maximum atomic E-state index is 11.8. The van der Waals surface area contributed by atoms with Crippen LogP contribution in [0.4, 0.5) is 0 Å². The Hall–Kier alpha value is -1.11. The van der Waals surface area contributed by atoms with Crippen molar-refractivity contribution >= 4 is 10.0 Å².